The van der Waals surface area contributed by atoms with Crippen molar-refractivity contribution in [3.8, 4) is 0 Å². The van der Waals surface area contributed by atoms with Crippen molar-refractivity contribution in [3.63, 3.8) is 0 Å². The molecule has 1 spiro atoms. The third kappa shape index (κ3) is 3.42. The number of hydrogen-bond acceptors (Lipinski definition) is 4. The molecule has 1 aromatic carbocycles. The predicted octanol–water partition coefficient (Wildman–Crippen LogP) is 2.77. The summed E-state index contributed by atoms with van der Waals surface area (Å²) in [6.45, 7) is 5.30. The molecule has 0 radical (unpaired) electrons. The summed E-state index contributed by atoms with van der Waals surface area (Å²) >= 11 is 0. The number of ether oxygens (including phenoxy) is 2. The van der Waals surface area contributed by atoms with Crippen LogP contribution < -0.4 is 10.2 Å². The van der Waals surface area contributed by atoms with Gasteiger partial charge in [-0.25, -0.2) is 0 Å². The van der Waals surface area contributed by atoms with E-state index in [2.05, 4.69) is 22.3 Å². The van der Waals surface area contributed by atoms with Crippen LogP contribution in [0.1, 0.15) is 32.6 Å². The molecule has 2 fully saturated rings. The van der Waals surface area contributed by atoms with Crippen LogP contribution >= 0.6 is 0 Å². The van der Waals surface area contributed by atoms with Gasteiger partial charge in [-0.05, 0) is 30.7 Å². The number of nitrogens with one attached hydrogen (secondary N) is 1. The Balaban J connectivity index is 1.56. The van der Waals surface area contributed by atoms with Crippen molar-refractivity contribution in [2.24, 2.45) is 0 Å². The number of carbonyl (C=O) groups excluding carboxylic acids is 1. The quantitative estimate of drug-likeness (QED) is 0.929. The van der Waals surface area contributed by atoms with Gasteiger partial charge in [0.1, 0.15) is 0 Å². The van der Waals surface area contributed by atoms with Crippen LogP contribution in [0.2, 0.25) is 0 Å². The highest BCUT2D eigenvalue weighted by atomic mass is 16.7. The number of amides is 1. The number of nitrogens with zero attached hydrogens (tertiary/aromatic N) is 1. The fourth-order valence-electron chi connectivity index (χ4n) is 3.10. The van der Waals surface area contributed by atoms with E-state index >= 15 is 0 Å². The summed E-state index contributed by atoms with van der Waals surface area (Å²) in [5.74, 6) is -0.254. The third-order valence-corrected chi connectivity index (χ3v) is 4.33. The van der Waals surface area contributed by atoms with E-state index in [4.69, 9.17) is 9.47 Å². The second kappa shape index (κ2) is 6.67. The summed E-state index contributed by atoms with van der Waals surface area (Å²) in [6.07, 6.45) is 3.24. The largest absolute Gasteiger partial charge is 0.371 e. The summed E-state index contributed by atoms with van der Waals surface area (Å²) in [5, 5.41) is 2.92. The first-order chi connectivity index (χ1) is 10.7. The normalized spacial score (nSPS) is 20.3. The molecule has 0 bridgehead atoms. The molecule has 1 aromatic rings. The number of anilines is 2. The van der Waals surface area contributed by atoms with Gasteiger partial charge in [-0.2, -0.15) is 0 Å². The Labute approximate surface area is 131 Å². The molecule has 2 heterocycles. The Kier molecular flexibility index (Phi) is 4.64. The van der Waals surface area contributed by atoms with Crippen LogP contribution in [0.15, 0.2) is 24.3 Å². The molecular formula is C17H24N2O3. The standard InChI is InChI=1S/C17H24N2O3/c1-2-3-16(20)18-14-4-6-15(7-5-14)19-10-8-17(9-11-19)21-12-13-22-17/h4-7H,2-3,8-13H2,1H3,(H,18,20). The molecule has 0 unspecified atom stereocenters. The van der Waals surface area contributed by atoms with Crippen molar-refractivity contribution in [1.82, 2.24) is 0 Å². The highest BCUT2D eigenvalue weighted by molar-refractivity contribution is 5.90. The van der Waals surface area contributed by atoms with Crippen molar-refractivity contribution in [2.45, 2.75) is 38.4 Å². The first-order valence-corrected chi connectivity index (χ1v) is 8.13. The Hall–Kier alpha value is -1.59. The zero-order chi connectivity index (χ0) is 15.4. The molecule has 3 rings (SSSR count). The van der Waals surface area contributed by atoms with E-state index < -0.39 is 0 Å². The van der Waals surface area contributed by atoms with Crippen LogP contribution in [0, 0.1) is 0 Å². The first-order valence-electron chi connectivity index (χ1n) is 8.13. The molecule has 5 nitrogen and oxygen atoms in total. The second-order valence-corrected chi connectivity index (χ2v) is 5.94. The second-order valence-electron chi connectivity index (χ2n) is 5.94. The van der Waals surface area contributed by atoms with E-state index in [1.165, 1.54) is 5.69 Å². The highest BCUT2D eigenvalue weighted by Crippen LogP contribution is 2.33. The molecule has 5 heteroatoms. The van der Waals surface area contributed by atoms with Crippen LogP contribution in [0.3, 0.4) is 0 Å². The van der Waals surface area contributed by atoms with Crippen molar-refractivity contribution in [3.05, 3.63) is 24.3 Å². The number of piperidine rings is 1. The number of hydrogen-bond donors (Lipinski definition) is 1. The van der Waals surface area contributed by atoms with Gasteiger partial charge in [0.05, 0.1) is 13.2 Å². The molecule has 0 atom stereocenters. The number of rotatable bonds is 4. The third-order valence-electron chi connectivity index (χ3n) is 4.33. The Morgan fingerprint density at radius 2 is 1.82 bits per heavy atom. The summed E-state index contributed by atoms with van der Waals surface area (Å²) in [4.78, 5) is 13.9. The van der Waals surface area contributed by atoms with Gasteiger partial charge < -0.3 is 19.7 Å². The van der Waals surface area contributed by atoms with Gasteiger partial charge in [0.2, 0.25) is 5.91 Å². The van der Waals surface area contributed by atoms with Gasteiger partial charge in [0, 0.05) is 43.7 Å². The van der Waals surface area contributed by atoms with Crippen LogP contribution in [0.4, 0.5) is 11.4 Å². The summed E-state index contributed by atoms with van der Waals surface area (Å²) in [5.41, 5.74) is 2.04. The SMILES string of the molecule is CCCC(=O)Nc1ccc(N2CCC3(CC2)OCCO3)cc1. The van der Waals surface area contributed by atoms with Crippen molar-refractivity contribution in [1.29, 1.82) is 0 Å². The first kappa shape index (κ1) is 15.3. The molecule has 2 aliphatic rings. The van der Waals surface area contributed by atoms with E-state index in [0.29, 0.717) is 19.6 Å². The molecule has 1 amide bonds. The highest BCUT2D eigenvalue weighted by Gasteiger charge is 2.39. The predicted molar refractivity (Wildman–Crippen MR) is 86.1 cm³/mol. The average Bonchev–Trinajstić information content (AvgIpc) is 2.97. The maximum Gasteiger partial charge on any atom is 0.224 e. The van der Waals surface area contributed by atoms with Crippen molar-refractivity contribution in [2.75, 3.05) is 36.5 Å². The minimum absolute atomic E-state index is 0.0747. The minimum Gasteiger partial charge on any atom is -0.371 e. The lowest BCUT2D eigenvalue weighted by Gasteiger charge is -2.38. The molecule has 1 N–H and O–H groups in total. The molecule has 2 aliphatic heterocycles. The molecule has 2 saturated heterocycles. The smallest absolute Gasteiger partial charge is 0.224 e. The van der Waals surface area contributed by atoms with Gasteiger partial charge in [-0.15, -0.1) is 0 Å². The van der Waals surface area contributed by atoms with E-state index in [0.717, 1.165) is 38.0 Å². The maximum atomic E-state index is 11.6. The molecule has 0 saturated carbocycles. The summed E-state index contributed by atoms with van der Waals surface area (Å²) < 4.78 is 11.5. The Morgan fingerprint density at radius 3 is 2.41 bits per heavy atom. The monoisotopic (exact) mass is 304 g/mol. The van der Waals surface area contributed by atoms with Gasteiger partial charge in [0.25, 0.3) is 0 Å². The topological polar surface area (TPSA) is 50.8 Å². The van der Waals surface area contributed by atoms with Gasteiger partial charge >= 0.3 is 0 Å². The fraction of sp³-hybridized carbons (Fsp3) is 0.588. The average molecular weight is 304 g/mol. The maximum absolute atomic E-state index is 11.6. The van der Waals surface area contributed by atoms with Crippen molar-refractivity contribution >= 4 is 17.3 Å². The zero-order valence-corrected chi connectivity index (χ0v) is 13.1. The molecule has 120 valence electrons. The van der Waals surface area contributed by atoms with Crippen LogP contribution in [-0.2, 0) is 14.3 Å². The van der Waals surface area contributed by atoms with Crippen LogP contribution in [0.5, 0.6) is 0 Å². The minimum atomic E-state index is -0.329. The van der Waals surface area contributed by atoms with E-state index in [1.807, 2.05) is 19.1 Å². The lowest BCUT2D eigenvalue weighted by atomic mass is 10.0. The van der Waals surface area contributed by atoms with E-state index in [1.54, 1.807) is 0 Å². The van der Waals surface area contributed by atoms with E-state index in [9.17, 15) is 4.79 Å². The lowest BCUT2D eigenvalue weighted by molar-refractivity contribution is -0.169. The molecule has 0 aliphatic carbocycles. The molecule has 22 heavy (non-hydrogen) atoms. The zero-order valence-electron chi connectivity index (χ0n) is 13.1. The number of carbonyl (C=O) groups is 1. The van der Waals surface area contributed by atoms with Gasteiger partial charge in [0.15, 0.2) is 5.79 Å². The van der Waals surface area contributed by atoms with Gasteiger partial charge in [-0.1, -0.05) is 6.92 Å². The van der Waals surface area contributed by atoms with Gasteiger partial charge in [-0.3, -0.25) is 4.79 Å². The van der Waals surface area contributed by atoms with Crippen LogP contribution in [-0.4, -0.2) is 38.0 Å². The fourth-order valence-corrected chi connectivity index (χ4v) is 3.10. The Morgan fingerprint density at radius 1 is 1.18 bits per heavy atom. The van der Waals surface area contributed by atoms with Crippen LogP contribution in [0.25, 0.3) is 0 Å². The number of benzene rings is 1. The summed E-state index contributed by atoms with van der Waals surface area (Å²) in [7, 11) is 0. The Bertz CT molecular complexity index is 499. The summed E-state index contributed by atoms with van der Waals surface area (Å²) in [6, 6.07) is 8.07. The molecular weight excluding hydrogens is 280 g/mol. The molecule has 0 aromatic heterocycles. The lowest BCUT2D eigenvalue weighted by Crippen LogP contribution is -2.45. The van der Waals surface area contributed by atoms with Crippen molar-refractivity contribution < 1.29 is 14.3 Å². The van der Waals surface area contributed by atoms with E-state index in [-0.39, 0.29) is 11.7 Å².